The van der Waals surface area contributed by atoms with E-state index in [1.165, 1.54) is 17.8 Å². The van der Waals surface area contributed by atoms with E-state index in [2.05, 4.69) is 33.4 Å². The minimum absolute atomic E-state index is 0.246. The fourth-order valence-electron chi connectivity index (χ4n) is 3.90. The maximum absolute atomic E-state index is 13.6. The minimum Gasteiger partial charge on any atom is -0.497 e. The molecule has 1 aromatic heterocycles. The highest BCUT2D eigenvalue weighted by atomic mass is 19.1. The molecule has 0 saturated carbocycles. The smallest absolute Gasteiger partial charge is 0.123 e. The Balaban J connectivity index is 1.62. The molecule has 0 radical (unpaired) electrons. The summed E-state index contributed by atoms with van der Waals surface area (Å²) in [6, 6.07) is 19.4. The van der Waals surface area contributed by atoms with E-state index in [1.807, 2.05) is 30.5 Å². The van der Waals surface area contributed by atoms with Gasteiger partial charge in [-0.15, -0.1) is 0 Å². The molecule has 0 bridgehead atoms. The van der Waals surface area contributed by atoms with E-state index >= 15 is 0 Å². The van der Waals surface area contributed by atoms with Crippen molar-refractivity contribution < 1.29 is 9.13 Å². The topological polar surface area (TPSA) is 37.4 Å². The Morgan fingerprint density at radius 3 is 2.59 bits per heavy atom. The number of nitrogens with zero attached hydrogens (tertiary/aromatic N) is 2. The van der Waals surface area contributed by atoms with Crippen LogP contribution in [0.1, 0.15) is 18.4 Å². The van der Waals surface area contributed by atoms with Gasteiger partial charge in [0.1, 0.15) is 11.6 Å². The molecule has 0 unspecified atom stereocenters. The quantitative estimate of drug-likeness (QED) is 0.663. The number of pyridine rings is 1. The van der Waals surface area contributed by atoms with Gasteiger partial charge < -0.3 is 15.0 Å². The SMILES string of the molecule is COc1ccc(N(Cc2ccnc(-c3cccc(F)c3)c2)C2CCNCC2)cc1. The van der Waals surface area contributed by atoms with Gasteiger partial charge in [-0.05, 0) is 80.0 Å². The number of hydrogen-bond donors (Lipinski definition) is 1. The Morgan fingerprint density at radius 1 is 1.07 bits per heavy atom. The average molecular weight is 391 g/mol. The summed E-state index contributed by atoms with van der Waals surface area (Å²) >= 11 is 0. The third kappa shape index (κ3) is 4.74. The van der Waals surface area contributed by atoms with Gasteiger partial charge in [-0.25, -0.2) is 4.39 Å². The van der Waals surface area contributed by atoms with E-state index < -0.39 is 0 Å². The minimum atomic E-state index is -0.246. The van der Waals surface area contributed by atoms with Crippen LogP contribution in [0.2, 0.25) is 0 Å². The first kappa shape index (κ1) is 19.4. The normalized spacial score (nSPS) is 14.6. The van der Waals surface area contributed by atoms with Crippen molar-refractivity contribution in [1.82, 2.24) is 10.3 Å². The van der Waals surface area contributed by atoms with Crippen molar-refractivity contribution in [3.8, 4) is 17.0 Å². The third-order valence-corrected chi connectivity index (χ3v) is 5.45. The van der Waals surface area contributed by atoms with E-state index in [9.17, 15) is 4.39 Å². The summed E-state index contributed by atoms with van der Waals surface area (Å²) in [4.78, 5) is 6.92. The lowest BCUT2D eigenvalue weighted by Crippen LogP contribution is -2.43. The van der Waals surface area contributed by atoms with Crippen LogP contribution >= 0.6 is 0 Å². The van der Waals surface area contributed by atoms with E-state index in [-0.39, 0.29) is 5.82 Å². The second-order valence-electron chi connectivity index (χ2n) is 7.37. The van der Waals surface area contributed by atoms with Crippen LogP contribution in [0.25, 0.3) is 11.3 Å². The van der Waals surface area contributed by atoms with Crippen LogP contribution in [-0.4, -0.2) is 31.2 Å². The first-order valence-electron chi connectivity index (χ1n) is 10.1. The van der Waals surface area contributed by atoms with Crippen molar-refractivity contribution in [2.45, 2.75) is 25.4 Å². The van der Waals surface area contributed by atoms with Gasteiger partial charge in [-0.1, -0.05) is 12.1 Å². The molecule has 5 heteroatoms. The van der Waals surface area contributed by atoms with E-state index in [1.54, 1.807) is 13.2 Å². The summed E-state index contributed by atoms with van der Waals surface area (Å²) in [7, 11) is 1.69. The molecule has 150 valence electrons. The number of methoxy groups -OCH3 is 1. The van der Waals surface area contributed by atoms with Crippen LogP contribution in [0.15, 0.2) is 66.9 Å². The first-order valence-corrected chi connectivity index (χ1v) is 10.1. The Labute approximate surface area is 171 Å². The number of rotatable bonds is 6. The summed E-state index contributed by atoms with van der Waals surface area (Å²) in [6.07, 6.45) is 4.02. The molecule has 4 nitrogen and oxygen atoms in total. The van der Waals surface area contributed by atoms with Gasteiger partial charge in [0.05, 0.1) is 12.8 Å². The molecule has 0 spiro atoms. The molecule has 0 amide bonds. The number of halogens is 1. The molecule has 0 aliphatic carbocycles. The van der Waals surface area contributed by atoms with Gasteiger partial charge in [0, 0.05) is 30.0 Å². The number of benzene rings is 2. The van der Waals surface area contributed by atoms with E-state index in [0.717, 1.165) is 55.0 Å². The van der Waals surface area contributed by atoms with Crippen LogP contribution in [0.3, 0.4) is 0 Å². The summed E-state index contributed by atoms with van der Waals surface area (Å²) < 4.78 is 19.0. The van der Waals surface area contributed by atoms with E-state index in [0.29, 0.717) is 6.04 Å². The number of ether oxygens (including phenoxy) is 1. The summed E-state index contributed by atoms with van der Waals surface area (Å²) in [6.45, 7) is 2.84. The fraction of sp³-hybridized carbons (Fsp3) is 0.292. The highest BCUT2D eigenvalue weighted by Gasteiger charge is 2.22. The second-order valence-corrected chi connectivity index (χ2v) is 7.37. The van der Waals surface area contributed by atoms with Crippen LogP contribution in [-0.2, 0) is 6.54 Å². The number of hydrogen-bond acceptors (Lipinski definition) is 4. The molecular weight excluding hydrogens is 365 g/mol. The van der Waals surface area contributed by atoms with Crippen LogP contribution in [0, 0.1) is 5.82 Å². The molecule has 1 aliphatic rings. The van der Waals surface area contributed by atoms with E-state index in [4.69, 9.17) is 4.74 Å². The van der Waals surface area contributed by atoms with Crippen molar-refractivity contribution in [1.29, 1.82) is 0 Å². The predicted octanol–water partition coefficient (Wildman–Crippen LogP) is 4.65. The lowest BCUT2D eigenvalue weighted by molar-refractivity contribution is 0.413. The van der Waals surface area contributed by atoms with Gasteiger partial charge in [-0.2, -0.15) is 0 Å². The molecule has 29 heavy (non-hydrogen) atoms. The highest BCUT2D eigenvalue weighted by Crippen LogP contribution is 2.27. The number of piperidine rings is 1. The molecule has 3 aromatic rings. The number of anilines is 1. The molecule has 0 atom stereocenters. The number of aromatic nitrogens is 1. The molecular formula is C24H26FN3O. The molecule has 4 rings (SSSR count). The molecule has 1 fully saturated rings. The Hall–Kier alpha value is -2.92. The van der Waals surface area contributed by atoms with Crippen molar-refractivity contribution in [2.75, 3.05) is 25.1 Å². The standard InChI is InChI=1S/C24H26FN3O/c1-29-23-7-5-21(6-8-23)28(22-10-12-26-13-11-22)17-18-9-14-27-24(15-18)19-3-2-4-20(25)16-19/h2-9,14-16,22,26H,10-13,17H2,1H3. The summed E-state index contributed by atoms with van der Waals surface area (Å²) in [5.74, 6) is 0.612. The molecule has 1 N–H and O–H groups in total. The highest BCUT2D eigenvalue weighted by molar-refractivity contribution is 5.60. The zero-order valence-corrected chi connectivity index (χ0v) is 16.6. The Bertz CT molecular complexity index is 939. The molecule has 1 aliphatic heterocycles. The third-order valence-electron chi connectivity index (χ3n) is 5.45. The predicted molar refractivity (Wildman–Crippen MR) is 115 cm³/mol. The average Bonchev–Trinajstić information content (AvgIpc) is 2.78. The number of nitrogens with one attached hydrogen (secondary N) is 1. The lowest BCUT2D eigenvalue weighted by atomic mass is 10.0. The second kappa shape index (κ2) is 9.05. The monoisotopic (exact) mass is 391 g/mol. The van der Waals surface area contributed by atoms with Gasteiger partial charge in [-0.3, -0.25) is 4.98 Å². The lowest BCUT2D eigenvalue weighted by Gasteiger charge is -2.36. The van der Waals surface area contributed by atoms with Crippen LogP contribution < -0.4 is 15.0 Å². The first-order chi connectivity index (χ1) is 14.2. The van der Waals surface area contributed by atoms with Crippen molar-refractivity contribution in [3.63, 3.8) is 0 Å². The Morgan fingerprint density at radius 2 is 1.86 bits per heavy atom. The molecule has 1 saturated heterocycles. The molecule has 2 aromatic carbocycles. The summed E-state index contributed by atoms with van der Waals surface area (Å²) in [5, 5.41) is 3.45. The van der Waals surface area contributed by atoms with Gasteiger partial charge in [0.2, 0.25) is 0 Å². The largest absolute Gasteiger partial charge is 0.497 e. The summed E-state index contributed by atoms with van der Waals surface area (Å²) in [5.41, 5.74) is 3.93. The maximum Gasteiger partial charge on any atom is 0.123 e. The zero-order chi connectivity index (χ0) is 20.1. The fourth-order valence-corrected chi connectivity index (χ4v) is 3.90. The van der Waals surface area contributed by atoms with Gasteiger partial charge in [0.25, 0.3) is 0 Å². The molecule has 2 heterocycles. The zero-order valence-electron chi connectivity index (χ0n) is 16.6. The van der Waals surface area contributed by atoms with Crippen molar-refractivity contribution in [2.24, 2.45) is 0 Å². The van der Waals surface area contributed by atoms with Gasteiger partial charge >= 0.3 is 0 Å². The van der Waals surface area contributed by atoms with Crippen molar-refractivity contribution >= 4 is 5.69 Å². The van der Waals surface area contributed by atoms with Gasteiger partial charge in [0.15, 0.2) is 0 Å². The van der Waals surface area contributed by atoms with Crippen molar-refractivity contribution in [3.05, 3.63) is 78.2 Å². The maximum atomic E-state index is 13.6. The van der Waals surface area contributed by atoms with Crippen LogP contribution in [0.4, 0.5) is 10.1 Å². The Kier molecular flexibility index (Phi) is 6.06. The van der Waals surface area contributed by atoms with Crippen LogP contribution in [0.5, 0.6) is 5.75 Å².